The lowest BCUT2D eigenvalue weighted by atomic mass is 10.1. The van der Waals surface area contributed by atoms with Gasteiger partial charge in [-0.3, -0.25) is 4.79 Å². The van der Waals surface area contributed by atoms with Crippen LogP contribution in [0.4, 0.5) is 0 Å². The van der Waals surface area contributed by atoms with Gasteiger partial charge in [0.05, 0.1) is 26.4 Å². The number of carbonyl (C=O) groups excluding carboxylic acids is 1. The van der Waals surface area contributed by atoms with Gasteiger partial charge in [0.1, 0.15) is 11.5 Å². The van der Waals surface area contributed by atoms with Gasteiger partial charge in [-0.15, -0.1) is 12.4 Å². The van der Waals surface area contributed by atoms with E-state index in [0.29, 0.717) is 31.0 Å². The van der Waals surface area contributed by atoms with Gasteiger partial charge in [-0.05, 0) is 18.6 Å². The van der Waals surface area contributed by atoms with Crippen LogP contribution in [-0.4, -0.2) is 43.9 Å². The second kappa shape index (κ2) is 8.07. The van der Waals surface area contributed by atoms with Gasteiger partial charge in [0.15, 0.2) is 0 Å². The standard InChI is InChI=1S/C14H20N2O4.ClH/c1-19-11-4-3-9(13(6-11)20-2)7-16-14(18)12-5-10(17)8-15-12;/h3-4,6,10,12,15,17H,5,7-8H2,1-2H3,(H,16,18);1H. The van der Waals surface area contributed by atoms with Gasteiger partial charge in [-0.25, -0.2) is 0 Å². The molecule has 1 aromatic rings. The maximum absolute atomic E-state index is 11.9. The fourth-order valence-electron chi connectivity index (χ4n) is 2.22. The van der Waals surface area contributed by atoms with Crippen molar-refractivity contribution in [1.29, 1.82) is 0 Å². The van der Waals surface area contributed by atoms with E-state index < -0.39 is 6.10 Å². The average Bonchev–Trinajstić information content (AvgIpc) is 2.91. The van der Waals surface area contributed by atoms with Crippen LogP contribution in [0.5, 0.6) is 11.5 Å². The van der Waals surface area contributed by atoms with Crippen molar-refractivity contribution in [3.63, 3.8) is 0 Å². The Labute approximate surface area is 130 Å². The van der Waals surface area contributed by atoms with Crippen molar-refractivity contribution in [2.45, 2.75) is 25.1 Å². The van der Waals surface area contributed by atoms with Crippen LogP contribution in [0.1, 0.15) is 12.0 Å². The summed E-state index contributed by atoms with van der Waals surface area (Å²) in [7, 11) is 3.17. The number of methoxy groups -OCH3 is 2. The van der Waals surface area contributed by atoms with Crippen molar-refractivity contribution < 1.29 is 19.4 Å². The molecule has 1 amide bonds. The molecule has 1 aliphatic rings. The van der Waals surface area contributed by atoms with Crippen LogP contribution in [-0.2, 0) is 11.3 Å². The van der Waals surface area contributed by atoms with Crippen LogP contribution >= 0.6 is 12.4 Å². The Morgan fingerprint density at radius 1 is 1.43 bits per heavy atom. The second-order valence-corrected chi connectivity index (χ2v) is 4.75. The highest BCUT2D eigenvalue weighted by Crippen LogP contribution is 2.24. The lowest BCUT2D eigenvalue weighted by Gasteiger charge is -2.13. The normalized spacial score (nSPS) is 20.5. The van der Waals surface area contributed by atoms with Crippen molar-refractivity contribution in [3.8, 4) is 11.5 Å². The summed E-state index contributed by atoms with van der Waals surface area (Å²) in [6.07, 6.45) is 0.00671. The molecule has 21 heavy (non-hydrogen) atoms. The first kappa shape index (κ1) is 17.6. The minimum atomic E-state index is -0.443. The first-order chi connectivity index (χ1) is 9.63. The molecule has 1 fully saturated rings. The Morgan fingerprint density at radius 2 is 2.19 bits per heavy atom. The Balaban J connectivity index is 0.00000220. The molecule has 2 atom stereocenters. The maximum Gasteiger partial charge on any atom is 0.237 e. The summed E-state index contributed by atoms with van der Waals surface area (Å²) in [5.74, 6) is 1.26. The summed E-state index contributed by atoms with van der Waals surface area (Å²) in [6, 6.07) is 5.13. The molecular formula is C14H21ClN2O4. The quantitative estimate of drug-likeness (QED) is 0.735. The summed E-state index contributed by atoms with van der Waals surface area (Å²) in [5, 5.41) is 15.2. The highest BCUT2D eigenvalue weighted by molar-refractivity contribution is 5.85. The van der Waals surface area contributed by atoms with Crippen molar-refractivity contribution >= 4 is 18.3 Å². The highest BCUT2D eigenvalue weighted by Gasteiger charge is 2.27. The van der Waals surface area contributed by atoms with Crippen LogP contribution in [0, 0.1) is 0 Å². The number of carbonyl (C=O) groups is 1. The third-order valence-electron chi connectivity index (χ3n) is 3.37. The predicted molar refractivity (Wildman–Crippen MR) is 81.1 cm³/mol. The largest absolute Gasteiger partial charge is 0.497 e. The number of aliphatic hydroxyl groups is 1. The van der Waals surface area contributed by atoms with Crippen LogP contribution < -0.4 is 20.1 Å². The minimum Gasteiger partial charge on any atom is -0.497 e. The number of ether oxygens (including phenoxy) is 2. The summed E-state index contributed by atoms with van der Waals surface area (Å²) in [4.78, 5) is 11.9. The van der Waals surface area contributed by atoms with Crippen molar-refractivity contribution in [1.82, 2.24) is 10.6 Å². The molecule has 7 heteroatoms. The molecule has 0 spiro atoms. The fraction of sp³-hybridized carbons (Fsp3) is 0.500. The Hall–Kier alpha value is -1.50. The van der Waals surface area contributed by atoms with E-state index in [1.165, 1.54) is 0 Å². The molecule has 0 aliphatic carbocycles. The lowest BCUT2D eigenvalue weighted by molar-refractivity contribution is -0.123. The number of rotatable bonds is 5. The van der Waals surface area contributed by atoms with Crippen LogP contribution in [0.15, 0.2) is 18.2 Å². The average molecular weight is 317 g/mol. The number of amides is 1. The first-order valence-electron chi connectivity index (χ1n) is 6.54. The molecule has 0 aromatic heterocycles. The topological polar surface area (TPSA) is 79.8 Å². The monoisotopic (exact) mass is 316 g/mol. The van der Waals surface area contributed by atoms with Crippen LogP contribution in [0.25, 0.3) is 0 Å². The van der Waals surface area contributed by atoms with Gasteiger partial charge < -0.3 is 25.2 Å². The van der Waals surface area contributed by atoms with Gasteiger partial charge >= 0.3 is 0 Å². The van der Waals surface area contributed by atoms with E-state index in [9.17, 15) is 9.90 Å². The van der Waals surface area contributed by atoms with Crippen LogP contribution in [0.2, 0.25) is 0 Å². The molecule has 1 aliphatic heterocycles. The van der Waals surface area contributed by atoms with E-state index >= 15 is 0 Å². The molecule has 2 rings (SSSR count). The zero-order chi connectivity index (χ0) is 14.5. The Morgan fingerprint density at radius 3 is 2.76 bits per heavy atom. The van der Waals surface area contributed by atoms with Gasteiger partial charge in [0.2, 0.25) is 5.91 Å². The zero-order valence-corrected chi connectivity index (χ0v) is 12.9. The number of hydrogen-bond donors (Lipinski definition) is 3. The summed E-state index contributed by atoms with van der Waals surface area (Å²) in [5.41, 5.74) is 0.875. The van der Waals surface area contributed by atoms with E-state index in [-0.39, 0.29) is 24.4 Å². The third-order valence-corrected chi connectivity index (χ3v) is 3.37. The minimum absolute atomic E-state index is 0. The first-order valence-corrected chi connectivity index (χ1v) is 6.54. The molecule has 3 N–H and O–H groups in total. The van der Waals surface area contributed by atoms with Gasteiger partial charge in [0.25, 0.3) is 0 Å². The van der Waals surface area contributed by atoms with Gasteiger partial charge in [-0.2, -0.15) is 0 Å². The molecule has 1 saturated heterocycles. The number of halogens is 1. The Kier molecular flexibility index (Phi) is 6.74. The zero-order valence-electron chi connectivity index (χ0n) is 12.1. The van der Waals surface area contributed by atoms with E-state index in [4.69, 9.17) is 9.47 Å². The number of hydrogen-bond acceptors (Lipinski definition) is 5. The summed E-state index contributed by atoms with van der Waals surface area (Å²) >= 11 is 0. The Bertz CT molecular complexity index is 484. The summed E-state index contributed by atoms with van der Waals surface area (Å²) < 4.78 is 10.4. The van der Waals surface area contributed by atoms with Crippen molar-refractivity contribution in [2.24, 2.45) is 0 Å². The number of β-amino-alcohol motifs (C(OH)–C–C–N with tert-alkyl or cyclic N) is 1. The maximum atomic E-state index is 11.9. The third kappa shape index (κ3) is 4.49. The van der Waals surface area contributed by atoms with Crippen molar-refractivity contribution in [3.05, 3.63) is 23.8 Å². The van der Waals surface area contributed by atoms with E-state index in [2.05, 4.69) is 10.6 Å². The molecule has 118 valence electrons. The SMILES string of the molecule is COc1ccc(CNC(=O)C2CC(O)CN2)c(OC)c1.Cl. The molecule has 2 unspecified atom stereocenters. The number of nitrogens with one attached hydrogen (secondary N) is 2. The predicted octanol–water partition coefficient (Wildman–Crippen LogP) is 0.465. The molecular weight excluding hydrogens is 296 g/mol. The van der Waals surface area contributed by atoms with E-state index in [0.717, 1.165) is 5.56 Å². The smallest absolute Gasteiger partial charge is 0.237 e. The molecule has 0 bridgehead atoms. The molecule has 1 heterocycles. The highest BCUT2D eigenvalue weighted by atomic mass is 35.5. The van der Waals surface area contributed by atoms with Crippen LogP contribution in [0.3, 0.4) is 0 Å². The molecule has 0 radical (unpaired) electrons. The van der Waals surface area contributed by atoms with Gasteiger partial charge in [-0.1, -0.05) is 0 Å². The van der Waals surface area contributed by atoms with Gasteiger partial charge in [0, 0.05) is 24.7 Å². The lowest BCUT2D eigenvalue weighted by Crippen LogP contribution is -2.40. The molecule has 0 saturated carbocycles. The molecule has 6 nitrogen and oxygen atoms in total. The summed E-state index contributed by atoms with van der Waals surface area (Å²) in [6.45, 7) is 0.838. The molecule has 1 aromatic carbocycles. The fourth-order valence-corrected chi connectivity index (χ4v) is 2.22. The second-order valence-electron chi connectivity index (χ2n) is 4.75. The van der Waals surface area contributed by atoms with E-state index in [1.54, 1.807) is 20.3 Å². The van der Waals surface area contributed by atoms with Crippen molar-refractivity contribution in [2.75, 3.05) is 20.8 Å². The van der Waals surface area contributed by atoms with E-state index in [1.807, 2.05) is 12.1 Å². The number of aliphatic hydroxyl groups excluding tert-OH is 1. The number of benzene rings is 1.